The summed E-state index contributed by atoms with van der Waals surface area (Å²) in [6, 6.07) is 11.0. The maximum absolute atomic E-state index is 12.2. The van der Waals surface area contributed by atoms with E-state index in [9.17, 15) is 9.59 Å². The number of rotatable bonds is 7. The Morgan fingerprint density at radius 1 is 1.38 bits per heavy atom. The van der Waals surface area contributed by atoms with Gasteiger partial charge in [0.25, 0.3) is 0 Å². The van der Waals surface area contributed by atoms with Gasteiger partial charge < -0.3 is 14.1 Å². The average Bonchev–Trinajstić information content (AvgIpc) is 3.27. The van der Waals surface area contributed by atoms with E-state index in [1.807, 2.05) is 37.3 Å². The summed E-state index contributed by atoms with van der Waals surface area (Å²) in [7, 11) is 0. The summed E-state index contributed by atoms with van der Waals surface area (Å²) < 4.78 is 10.6. The van der Waals surface area contributed by atoms with Crippen molar-refractivity contribution in [3.8, 4) is 5.75 Å². The van der Waals surface area contributed by atoms with E-state index in [2.05, 4.69) is 10.5 Å². The molecule has 136 valence electrons. The zero-order chi connectivity index (χ0) is 18.4. The van der Waals surface area contributed by atoms with Crippen molar-refractivity contribution in [1.29, 1.82) is 0 Å². The molecule has 1 fully saturated rings. The van der Waals surface area contributed by atoms with Gasteiger partial charge in [0.2, 0.25) is 11.8 Å². The number of carbonyl (C=O) groups is 2. The van der Waals surface area contributed by atoms with Gasteiger partial charge in [0.15, 0.2) is 0 Å². The summed E-state index contributed by atoms with van der Waals surface area (Å²) in [5.41, 5.74) is 3.35. The quantitative estimate of drug-likeness (QED) is 0.609. The molecule has 0 radical (unpaired) electrons. The van der Waals surface area contributed by atoms with Crippen molar-refractivity contribution >= 4 is 18.0 Å². The first-order valence-electron chi connectivity index (χ1n) is 8.51. The number of benzene rings is 1. The number of nitrogens with one attached hydrogen (secondary N) is 1. The van der Waals surface area contributed by atoms with E-state index >= 15 is 0 Å². The third-order valence-corrected chi connectivity index (χ3v) is 4.09. The number of likely N-dealkylation sites (tertiary alicyclic amines) is 1. The molecule has 1 aromatic heterocycles. The lowest BCUT2D eigenvalue weighted by atomic mass is 10.1. The molecule has 1 aromatic carbocycles. The molecule has 1 aliphatic rings. The number of nitrogens with zero attached hydrogens (tertiary/aromatic N) is 2. The highest BCUT2D eigenvalue weighted by molar-refractivity contribution is 5.90. The van der Waals surface area contributed by atoms with Crippen LogP contribution in [-0.4, -0.2) is 36.1 Å². The molecule has 2 heterocycles. The van der Waals surface area contributed by atoms with Gasteiger partial charge in [0.1, 0.15) is 11.5 Å². The number of furan rings is 1. The van der Waals surface area contributed by atoms with Gasteiger partial charge in [-0.25, -0.2) is 5.43 Å². The number of hydrogen-bond acceptors (Lipinski definition) is 5. The zero-order valence-electron chi connectivity index (χ0n) is 14.6. The van der Waals surface area contributed by atoms with Gasteiger partial charge in [0.05, 0.1) is 31.5 Å². The molecule has 1 N–H and O–H groups in total. The van der Waals surface area contributed by atoms with Crippen molar-refractivity contribution in [2.24, 2.45) is 11.0 Å². The molecular formula is C19H21N3O4. The van der Waals surface area contributed by atoms with Crippen LogP contribution < -0.4 is 10.2 Å². The fraction of sp³-hybridized carbons (Fsp3) is 0.316. The molecule has 2 amide bonds. The lowest BCUT2D eigenvalue weighted by Gasteiger charge is -2.14. The van der Waals surface area contributed by atoms with E-state index in [1.165, 1.54) is 0 Å². The highest BCUT2D eigenvalue weighted by Gasteiger charge is 2.34. The van der Waals surface area contributed by atoms with Crippen LogP contribution in [0.2, 0.25) is 0 Å². The fourth-order valence-corrected chi connectivity index (χ4v) is 2.77. The van der Waals surface area contributed by atoms with Gasteiger partial charge in [-0.1, -0.05) is 0 Å². The first-order valence-corrected chi connectivity index (χ1v) is 8.51. The molecule has 2 aromatic rings. The molecule has 0 bridgehead atoms. The molecule has 1 saturated heterocycles. The summed E-state index contributed by atoms with van der Waals surface area (Å²) >= 11 is 0. The molecule has 1 aliphatic heterocycles. The van der Waals surface area contributed by atoms with Crippen LogP contribution in [0.25, 0.3) is 0 Å². The van der Waals surface area contributed by atoms with Crippen LogP contribution in [0.5, 0.6) is 5.75 Å². The molecule has 7 heteroatoms. The minimum absolute atomic E-state index is 0.0583. The predicted octanol–water partition coefficient (Wildman–Crippen LogP) is 2.18. The fourth-order valence-electron chi connectivity index (χ4n) is 2.77. The highest BCUT2D eigenvalue weighted by Crippen LogP contribution is 2.20. The maximum Gasteiger partial charge on any atom is 0.245 e. The Balaban J connectivity index is 1.49. The van der Waals surface area contributed by atoms with E-state index in [0.717, 1.165) is 11.3 Å². The largest absolute Gasteiger partial charge is 0.494 e. The van der Waals surface area contributed by atoms with Crippen LogP contribution >= 0.6 is 0 Å². The van der Waals surface area contributed by atoms with Gasteiger partial charge >= 0.3 is 0 Å². The van der Waals surface area contributed by atoms with Crippen molar-refractivity contribution < 1.29 is 18.7 Å². The van der Waals surface area contributed by atoms with Crippen LogP contribution in [-0.2, 0) is 16.1 Å². The number of hydrogen-bond donors (Lipinski definition) is 1. The van der Waals surface area contributed by atoms with Crippen molar-refractivity contribution in [3.05, 3.63) is 54.0 Å². The average molecular weight is 355 g/mol. The SMILES string of the molecule is CCOc1ccc(/C=N/NC(=O)C2CC(=O)N(Cc3ccco3)C2)cc1. The lowest BCUT2D eigenvalue weighted by molar-refractivity contribution is -0.129. The molecule has 26 heavy (non-hydrogen) atoms. The number of ether oxygens (including phenoxy) is 1. The molecule has 0 spiro atoms. The summed E-state index contributed by atoms with van der Waals surface area (Å²) in [6.07, 6.45) is 3.31. The van der Waals surface area contributed by atoms with Gasteiger partial charge in [-0.05, 0) is 48.9 Å². The van der Waals surface area contributed by atoms with Crippen molar-refractivity contribution in [1.82, 2.24) is 10.3 Å². The van der Waals surface area contributed by atoms with E-state index in [1.54, 1.807) is 23.4 Å². The molecule has 0 saturated carbocycles. The Morgan fingerprint density at radius 2 is 2.19 bits per heavy atom. The topological polar surface area (TPSA) is 84.1 Å². The standard InChI is InChI=1S/C19H21N3O4/c1-2-25-16-7-5-14(6-8-16)11-20-21-19(24)15-10-18(23)22(12-15)13-17-4-3-9-26-17/h3-9,11,15H,2,10,12-13H2,1H3,(H,21,24)/b20-11+. The third-order valence-electron chi connectivity index (χ3n) is 4.09. The Labute approximate surface area is 151 Å². The Morgan fingerprint density at radius 3 is 2.88 bits per heavy atom. The lowest BCUT2D eigenvalue weighted by Crippen LogP contribution is -2.30. The predicted molar refractivity (Wildman–Crippen MR) is 95.6 cm³/mol. The van der Waals surface area contributed by atoms with E-state index < -0.39 is 5.92 Å². The summed E-state index contributed by atoms with van der Waals surface area (Å²) in [4.78, 5) is 25.9. The minimum Gasteiger partial charge on any atom is -0.494 e. The molecule has 1 unspecified atom stereocenters. The van der Waals surface area contributed by atoms with E-state index in [4.69, 9.17) is 9.15 Å². The Kier molecular flexibility index (Phi) is 5.68. The molecular weight excluding hydrogens is 334 g/mol. The van der Waals surface area contributed by atoms with Crippen LogP contribution in [0.4, 0.5) is 0 Å². The Bertz CT molecular complexity index is 769. The van der Waals surface area contributed by atoms with Crippen LogP contribution in [0, 0.1) is 5.92 Å². The third kappa shape index (κ3) is 4.50. The number of carbonyl (C=O) groups excluding carboxylic acids is 2. The summed E-state index contributed by atoms with van der Waals surface area (Å²) in [6.45, 7) is 3.28. The molecule has 1 atom stereocenters. The first-order chi connectivity index (χ1) is 12.7. The second kappa shape index (κ2) is 8.33. The maximum atomic E-state index is 12.2. The number of amides is 2. The van der Waals surface area contributed by atoms with Crippen molar-refractivity contribution in [3.63, 3.8) is 0 Å². The zero-order valence-corrected chi connectivity index (χ0v) is 14.6. The van der Waals surface area contributed by atoms with Gasteiger partial charge in [-0.2, -0.15) is 5.10 Å². The van der Waals surface area contributed by atoms with Gasteiger partial charge in [-0.3, -0.25) is 9.59 Å². The van der Waals surface area contributed by atoms with Gasteiger partial charge in [0, 0.05) is 13.0 Å². The first kappa shape index (κ1) is 17.7. The monoisotopic (exact) mass is 355 g/mol. The second-order valence-electron chi connectivity index (χ2n) is 5.99. The van der Waals surface area contributed by atoms with Gasteiger partial charge in [-0.15, -0.1) is 0 Å². The van der Waals surface area contributed by atoms with E-state index in [0.29, 0.717) is 25.5 Å². The van der Waals surface area contributed by atoms with Crippen LogP contribution in [0.1, 0.15) is 24.7 Å². The van der Waals surface area contributed by atoms with Crippen molar-refractivity contribution in [2.75, 3.05) is 13.2 Å². The van der Waals surface area contributed by atoms with E-state index in [-0.39, 0.29) is 18.2 Å². The van der Waals surface area contributed by atoms with Crippen LogP contribution in [0.3, 0.4) is 0 Å². The molecule has 0 aliphatic carbocycles. The molecule has 3 rings (SSSR count). The second-order valence-corrected chi connectivity index (χ2v) is 5.99. The summed E-state index contributed by atoms with van der Waals surface area (Å²) in [5, 5.41) is 3.97. The Hall–Kier alpha value is -3.09. The highest BCUT2D eigenvalue weighted by atomic mass is 16.5. The minimum atomic E-state index is -0.407. The molecule has 7 nitrogen and oxygen atoms in total. The van der Waals surface area contributed by atoms with Crippen LogP contribution in [0.15, 0.2) is 52.2 Å². The normalized spacial score (nSPS) is 17.0. The summed E-state index contributed by atoms with van der Waals surface area (Å²) in [5.74, 6) is 0.761. The smallest absolute Gasteiger partial charge is 0.245 e. The van der Waals surface area contributed by atoms with Crippen molar-refractivity contribution in [2.45, 2.75) is 19.9 Å². The number of hydrazone groups is 1.